The van der Waals surface area contributed by atoms with E-state index < -0.39 is 12.1 Å². The fraction of sp³-hybridized carbons (Fsp3) is 0.170. The van der Waals surface area contributed by atoms with Gasteiger partial charge in [-0.15, -0.1) is 11.3 Å². The summed E-state index contributed by atoms with van der Waals surface area (Å²) in [6.45, 7) is 27.2. The van der Waals surface area contributed by atoms with Gasteiger partial charge in [-0.25, -0.2) is 0 Å². The Morgan fingerprint density at radius 3 is 1.34 bits per heavy atom. The van der Waals surface area contributed by atoms with Crippen molar-refractivity contribution in [3.05, 3.63) is 289 Å². The van der Waals surface area contributed by atoms with Crippen LogP contribution in [0.2, 0.25) is 0 Å². The zero-order chi connectivity index (χ0) is 70.4. The number of rotatable bonds is 7. The molecule has 5 heteroatoms. The molecule has 0 spiro atoms. The molecule has 0 unspecified atom stereocenters. The molecule has 18 rings (SSSR count). The Hall–Kier alpha value is -10.5. The van der Waals surface area contributed by atoms with Gasteiger partial charge in [0.05, 0.1) is 32.2 Å². The molecule has 0 N–H and O–H groups in total. The highest BCUT2D eigenvalue weighted by atomic mass is 32.1. The van der Waals surface area contributed by atoms with E-state index in [9.17, 15) is 4.11 Å². The number of thiophene rings is 1. The summed E-state index contributed by atoms with van der Waals surface area (Å²) in [6, 6.07) is 92.3. The first-order valence-corrected chi connectivity index (χ1v) is 35.9. The van der Waals surface area contributed by atoms with Gasteiger partial charge in [0.15, 0.2) is 0 Å². The van der Waals surface area contributed by atoms with Crippen LogP contribution >= 0.6 is 11.3 Å². The van der Waals surface area contributed by atoms with Crippen LogP contribution in [0.4, 0.5) is 34.1 Å². The first-order valence-electron chi connectivity index (χ1n) is 36.6. The third-order valence-corrected chi connectivity index (χ3v) is 22.6. The Balaban J connectivity index is 1.08. The minimum absolute atomic E-state index is 0.00971. The largest absolute Gasteiger partial charge is 0.310 e. The van der Waals surface area contributed by atoms with E-state index in [0.717, 1.165) is 126 Å². The fourth-order valence-corrected chi connectivity index (χ4v) is 17.5. The van der Waals surface area contributed by atoms with Crippen LogP contribution in [0.3, 0.4) is 0 Å². The van der Waals surface area contributed by atoms with Crippen LogP contribution in [-0.2, 0) is 21.7 Å². The summed E-state index contributed by atoms with van der Waals surface area (Å²) in [5, 5.41) is 10.3. The van der Waals surface area contributed by atoms with E-state index in [-0.39, 0.29) is 34.4 Å². The van der Waals surface area contributed by atoms with E-state index in [0.29, 0.717) is 16.8 Å². The molecule has 3 nitrogen and oxygen atoms in total. The van der Waals surface area contributed by atoms with Crippen LogP contribution in [-0.4, -0.2) is 11.3 Å². The van der Waals surface area contributed by atoms with Gasteiger partial charge in [0.25, 0.3) is 6.71 Å². The summed E-state index contributed by atoms with van der Waals surface area (Å²) in [4.78, 5) is 5.12. The van der Waals surface area contributed by atoms with Crippen molar-refractivity contribution in [3.63, 3.8) is 0 Å². The van der Waals surface area contributed by atoms with Crippen molar-refractivity contribution in [3.8, 4) is 50.2 Å². The molecule has 99 heavy (non-hydrogen) atoms. The summed E-state index contributed by atoms with van der Waals surface area (Å²) in [5.41, 5.74) is 21.5. The van der Waals surface area contributed by atoms with Crippen molar-refractivity contribution in [1.29, 1.82) is 0 Å². The number of anilines is 6. The second-order valence-electron chi connectivity index (χ2n) is 31.8. The minimum atomic E-state index is -0.619. The van der Waals surface area contributed by atoms with Crippen LogP contribution in [0.1, 0.15) is 109 Å². The average Bonchev–Trinajstić information content (AvgIpc) is 1.19. The Kier molecular flexibility index (Phi) is 12.8. The molecule has 0 amide bonds. The molecule has 0 radical (unpaired) electrons. The number of fused-ring (bicyclic) bond motifs is 9. The Labute approximate surface area is 590 Å². The maximum atomic E-state index is 11.8. The monoisotopic (exact) mass is 1300 g/mol. The Bertz CT molecular complexity index is 6030. The Morgan fingerprint density at radius 1 is 0.343 bits per heavy atom. The lowest BCUT2D eigenvalue weighted by molar-refractivity contribution is 0.590. The molecule has 2 aliphatic rings. The van der Waals surface area contributed by atoms with Crippen LogP contribution in [0.5, 0.6) is 0 Å². The summed E-state index contributed by atoms with van der Waals surface area (Å²) in [6.07, 6.45) is 0. The molecule has 0 saturated carbocycles. The van der Waals surface area contributed by atoms with Crippen LogP contribution in [0, 0.1) is 0 Å². The second kappa shape index (κ2) is 22.0. The molecule has 4 heterocycles. The van der Waals surface area contributed by atoms with E-state index in [4.69, 9.17) is 0 Å². The number of aromatic nitrogens is 1. The predicted octanol–water partition coefficient (Wildman–Crippen LogP) is 24.8. The lowest BCUT2D eigenvalue weighted by atomic mass is 9.36. The van der Waals surface area contributed by atoms with Crippen molar-refractivity contribution in [2.45, 2.75) is 105 Å². The summed E-state index contributed by atoms with van der Waals surface area (Å²) < 4.78 is 38.6. The fourth-order valence-electron chi connectivity index (χ4n) is 16.2. The minimum Gasteiger partial charge on any atom is -0.310 e. The van der Waals surface area contributed by atoms with E-state index in [2.05, 4.69) is 346 Å². The third-order valence-electron chi connectivity index (χ3n) is 21.4. The van der Waals surface area contributed by atoms with Gasteiger partial charge in [0.1, 0.15) is 0 Å². The molecule has 0 saturated heterocycles. The highest BCUT2D eigenvalue weighted by molar-refractivity contribution is 7.33. The maximum absolute atomic E-state index is 11.8. The van der Waals surface area contributed by atoms with Gasteiger partial charge >= 0.3 is 0 Å². The summed E-state index contributed by atoms with van der Waals surface area (Å²) >= 11 is 1.81. The van der Waals surface area contributed by atoms with Crippen LogP contribution < -0.4 is 25.5 Å². The SMILES string of the molecule is [2H]c1c([2H])c(-n2c3ccccc3c3ccccc32)c([2H])c2c1B1c3sc4cc(C(C)(C)C)ccc4c3N(c3c(-c4ccccc4)cc(C(C)(C)C)cc3-c3ccccc3)c3cc(C(C)(C)C)cc(c31)N2c1c(-c2ccccc2)cc(C(C)(C)C)cc1-c1ccc2ccc3cccc4ccc1c2c34. The lowest BCUT2D eigenvalue weighted by Gasteiger charge is -2.46. The topological polar surface area (TPSA) is 11.4 Å². The van der Waals surface area contributed by atoms with Crippen molar-refractivity contribution in [2.75, 3.05) is 9.80 Å². The highest BCUT2D eigenvalue weighted by Crippen LogP contribution is 2.58. The van der Waals surface area contributed by atoms with E-state index >= 15 is 0 Å². The van der Waals surface area contributed by atoms with Gasteiger partial charge in [-0.2, -0.15) is 0 Å². The van der Waals surface area contributed by atoms with Crippen LogP contribution in [0.25, 0.3) is 114 Å². The number of hydrogen-bond donors (Lipinski definition) is 0. The molecular weight excluding hydrogens is 1210 g/mol. The van der Waals surface area contributed by atoms with E-state index in [1.165, 1.54) is 43.6 Å². The van der Waals surface area contributed by atoms with Crippen molar-refractivity contribution >= 4 is 132 Å². The van der Waals surface area contributed by atoms with Crippen LogP contribution in [0.15, 0.2) is 267 Å². The lowest BCUT2D eigenvalue weighted by Crippen LogP contribution is -2.60. The molecule has 0 atom stereocenters. The number of nitrogens with zero attached hydrogens (tertiary/aromatic N) is 3. The molecule has 0 aliphatic carbocycles. The molecule has 480 valence electrons. The molecular formula is C94H80BN3S. The van der Waals surface area contributed by atoms with Gasteiger partial charge in [-0.1, -0.05) is 283 Å². The normalized spacial score (nSPS) is 13.8. The first kappa shape index (κ1) is 57.6. The van der Waals surface area contributed by atoms with E-state index in [1.54, 1.807) is 0 Å². The summed E-state index contributed by atoms with van der Waals surface area (Å²) in [7, 11) is 0. The van der Waals surface area contributed by atoms with Gasteiger partial charge in [0.2, 0.25) is 0 Å². The number of benzene rings is 14. The van der Waals surface area contributed by atoms with Gasteiger partial charge < -0.3 is 14.4 Å². The zero-order valence-corrected chi connectivity index (χ0v) is 59.3. The second-order valence-corrected chi connectivity index (χ2v) is 32.9. The van der Waals surface area contributed by atoms with Gasteiger partial charge in [-0.05, 0) is 176 Å². The molecule has 14 aromatic carbocycles. The molecule has 16 aromatic rings. The van der Waals surface area contributed by atoms with E-state index in [1.807, 2.05) is 11.3 Å². The summed E-state index contributed by atoms with van der Waals surface area (Å²) in [5.74, 6) is 0. The van der Waals surface area contributed by atoms with Crippen molar-refractivity contribution < 1.29 is 4.11 Å². The zero-order valence-electron chi connectivity index (χ0n) is 61.5. The quantitative estimate of drug-likeness (QED) is 0.116. The average molecular weight is 1300 g/mol. The van der Waals surface area contributed by atoms with Crippen molar-refractivity contribution in [2.24, 2.45) is 0 Å². The molecule has 0 fully saturated rings. The van der Waals surface area contributed by atoms with Crippen molar-refractivity contribution in [1.82, 2.24) is 4.57 Å². The Morgan fingerprint density at radius 2 is 0.798 bits per heavy atom. The number of hydrogen-bond acceptors (Lipinski definition) is 3. The standard InChI is InChI=1S/C94H80BN3S/c1-91(2,3)63-43-47-72-83(55-63)99-90-89(72)98(87-73(57-27-16-13-17-28-57)49-64(92(4,5)6)50-74(87)58-29-18-14-19-30-58)82-54-66(94(10,11)12)53-81-86(82)95(90)77-48-44-67(96-78-37-24-22-35-69(78)70-36-23-25-38-79(70)96)56-80(77)97(81)88-75(59-31-20-15-21-32-59)51-65(93(7,8)9)52-76(88)68-45-41-62-40-39-60-33-26-34-61-42-46-71(68)85(62)84(60)61/h13-56H,1-12H3/i44D,48D,56D. The smallest absolute Gasteiger partial charge is 0.264 e. The van der Waals surface area contributed by atoms with Gasteiger partial charge in [-0.3, -0.25) is 0 Å². The first-order chi connectivity index (χ1) is 48.9. The number of para-hydroxylation sites is 2. The highest BCUT2D eigenvalue weighted by Gasteiger charge is 2.48. The molecule has 0 bridgehead atoms. The molecule has 2 aliphatic heterocycles. The maximum Gasteiger partial charge on any atom is 0.264 e. The third kappa shape index (κ3) is 9.58. The molecule has 2 aromatic heterocycles. The predicted molar refractivity (Wildman–Crippen MR) is 430 cm³/mol. The van der Waals surface area contributed by atoms with Gasteiger partial charge in [0, 0.05) is 70.6 Å².